The van der Waals surface area contributed by atoms with Crippen LogP contribution in [0.1, 0.15) is 52.3 Å². The van der Waals surface area contributed by atoms with Crippen molar-refractivity contribution in [2.45, 2.75) is 24.8 Å². The van der Waals surface area contributed by atoms with Crippen molar-refractivity contribution in [2.75, 3.05) is 4.90 Å². The van der Waals surface area contributed by atoms with Crippen molar-refractivity contribution in [1.82, 2.24) is 0 Å². The molecule has 1 heterocycles. The van der Waals surface area contributed by atoms with Crippen LogP contribution in [-0.2, 0) is 5.41 Å². The Bertz CT molecular complexity index is 3130. The van der Waals surface area contributed by atoms with Gasteiger partial charge in [0.05, 0.1) is 17.2 Å². The summed E-state index contributed by atoms with van der Waals surface area (Å²) in [5, 5.41) is 0. The minimum absolute atomic E-state index is 0.000673. The summed E-state index contributed by atoms with van der Waals surface area (Å²) in [5.74, 6) is 0.620. The summed E-state index contributed by atoms with van der Waals surface area (Å²) in [6.07, 6.45) is 5.91. The van der Waals surface area contributed by atoms with Crippen LogP contribution in [0.3, 0.4) is 0 Å². The fourth-order valence-electron chi connectivity index (χ4n) is 9.98. The predicted octanol–water partition coefficient (Wildman–Crippen LogP) is 14.5. The normalized spacial score (nSPS) is 17.1. The van der Waals surface area contributed by atoms with E-state index in [0.717, 1.165) is 62.5 Å². The Kier molecular flexibility index (Phi) is 9.59. The van der Waals surface area contributed by atoms with Crippen LogP contribution < -0.4 is 4.90 Å². The number of benzene rings is 8. The number of hydrogen-bond donors (Lipinski definition) is 0. The lowest BCUT2D eigenvalue weighted by Gasteiger charge is -2.39. The zero-order chi connectivity index (χ0) is 42.3. The maximum atomic E-state index is 5.18. The van der Waals surface area contributed by atoms with Gasteiger partial charge in [0.1, 0.15) is 0 Å². The van der Waals surface area contributed by atoms with Crippen LogP contribution in [0.2, 0.25) is 0 Å². The molecule has 11 rings (SSSR count). The maximum Gasteiger partial charge on any atom is 0.160 e. The molecule has 3 heteroatoms. The van der Waals surface area contributed by atoms with Crippen LogP contribution in [0.25, 0.3) is 33.5 Å². The summed E-state index contributed by atoms with van der Waals surface area (Å²) >= 11 is 0. The molecule has 1 unspecified atom stereocenters. The molecule has 0 aromatic heterocycles. The van der Waals surface area contributed by atoms with Crippen LogP contribution in [0.5, 0.6) is 0 Å². The summed E-state index contributed by atoms with van der Waals surface area (Å²) in [5.41, 5.74) is 18.5. The largest absolute Gasteiger partial charge is 0.334 e. The van der Waals surface area contributed by atoms with Crippen LogP contribution >= 0.6 is 0 Å². The van der Waals surface area contributed by atoms with Crippen molar-refractivity contribution < 1.29 is 0 Å². The molecule has 63 heavy (non-hydrogen) atoms. The van der Waals surface area contributed by atoms with E-state index < -0.39 is 5.41 Å². The first-order valence-corrected chi connectivity index (χ1v) is 21.8. The number of fused-ring (bicyclic) bond motifs is 13. The van der Waals surface area contributed by atoms with E-state index >= 15 is 0 Å². The van der Waals surface area contributed by atoms with Crippen molar-refractivity contribution in [3.8, 4) is 22.3 Å². The van der Waals surface area contributed by atoms with Gasteiger partial charge in [-0.25, -0.2) is 9.98 Å². The van der Waals surface area contributed by atoms with Gasteiger partial charge in [0.15, 0.2) is 5.84 Å². The topological polar surface area (TPSA) is 28.0 Å². The average Bonchev–Trinajstić information content (AvgIpc) is 3.65. The second-order valence-electron chi connectivity index (χ2n) is 16.6. The van der Waals surface area contributed by atoms with Gasteiger partial charge in [0.2, 0.25) is 0 Å². The van der Waals surface area contributed by atoms with Gasteiger partial charge in [-0.15, -0.1) is 0 Å². The highest BCUT2D eigenvalue weighted by molar-refractivity contribution is 6.13. The van der Waals surface area contributed by atoms with E-state index in [0.29, 0.717) is 11.5 Å². The maximum absolute atomic E-state index is 5.18. The van der Waals surface area contributed by atoms with E-state index in [9.17, 15) is 0 Å². The molecule has 8 aromatic rings. The lowest BCUT2D eigenvalue weighted by molar-refractivity contribution is 0.725. The molecule has 8 aromatic carbocycles. The highest BCUT2D eigenvalue weighted by atomic mass is 15.2. The smallest absolute Gasteiger partial charge is 0.160 e. The zero-order valence-corrected chi connectivity index (χ0v) is 35.2. The highest BCUT2D eigenvalue weighted by Crippen LogP contribution is 2.58. The summed E-state index contributed by atoms with van der Waals surface area (Å²) in [7, 11) is 0. The summed E-state index contributed by atoms with van der Waals surface area (Å²) in [6, 6.07) is 76.6. The molecule has 0 saturated carbocycles. The monoisotopic (exact) mass is 807 g/mol. The van der Waals surface area contributed by atoms with Crippen molar-refractivity contribution in [1.29, 1.82) is 0 Å². The van der Waals surface area contributed by atoms with Gasteiger partial charge in [0, 0.05) is 28.2 Å². The summed E-state index contributed by atoms with van der Waals surface area (Å²) in [6.45, 7) is 6.55. The Balaban J connectivity index is 1.12. The first kappa shape index (κ1) is 38.1. The minimum Gasteiger partial charge on any atom is -0.334 e. The molecule has 0 radical (unpaired) electrons. The first-order chi connectivity index (χ1) is 31.0. The number of anilines is 2. The zero-order valence-electron chi connectivity index (χ0n) is 35.2. The molecule has 0 spiro atoms. The molecule has 0 fully saturated rings. The summed E-state index contributed by atoms with van der Waals surface area (Å²) < 4.78 is 0. The van der Waals surface area contributed by atoms with Crippen molar-refractivity contribution in [2.24, 2.45) is 9.98 Å². The van der Waals surface area contributed by atoms with E-state index in [1.165, 1.54) is 33.4 Å². The minimum atomic E-state index is -0.489. The van der Waals surface area contributed by atoms with E-state index in [2.05, 4.69) is 218 Å². The van der Waals surface area contributed by atoms with Gasteiger partial charge in [-0.05, 0) is 111 Å². The fraction of sp³-hybridized carbons (Fsp3) is 0.0667. The van der Waals surface area contributed by atoms with E-state index in [1.807, 2.05) is 25.1 Å². The Hall–Kier alpha value is -7.88. The number of aliphatic imine (C=N–C) groups is 2. The quantitative estimate of drug-likeness (QED) is 0.163. The van der Waals surface area contributed by atoms with Crippen LogP contribution in [0, 0.1) is 0 Å². The van der Waals surface area contributed by atoms with Crippen molar-refractivity contribution >= 4 is 34.2 Å². The Morgan fingerprint density at radius 1 is 0.556 bits per heavy atom. The molecular weight excluding hydrogens is 763 g/mol. The molecular formula is C60H45N3. The Morgan fingerprint density at radius 3 is 1.70 bits per heavy atom. The molecule has 8 bridgehead atoms. The molecule has 300 valence electrons. The molecule has 3 aliphatic rings. The number of nitrogens with zero attached hydrogens (tertiary/aromatic N) is 3. The van der Waals surface area contributed by atoms with Crippen LogP contribution in [0.15, 0.2) is 247 Å². The molecule has 1 aliphatic heterocycles. The average molecular weight is 808 g/mol. The molecule has 0 N–H and O–H groups in total. The molecule has 0 amide bonds. The number of hydrogen-bond acceptors (Lipinski definition) is 3. The SMILES string of the molecule is C=C1/N=C(\N=C(/C)c2ccccc2)c2cccc(c2)-c2cccc(c2)N(C2C=C3C(=CC2)c2ccccc2C3(c2ccccc2)c2ccccc2)c2cccc(c2)-c2cccc1c2. The molecule has 0 saturated heterocycles. The third-order valence-electron chi connectivity index (χ3n) is 12.9. The molecule has 2 aliphatic carbocycles. The Morgan fingerprint density at radius 2 is 1.06 bits per heavy atom. The first-order valence-electron chi connectivity index (χ1n) is 21.8. The second-order valence-corrected chi connectivity index (χ2v) is 16.6. The number of allylic oxidation sites excluding steroid dienone is 2. The van der Waals surface area contributed by atoms with E-state index in [4.69, 9.17) is 9.98 Å². The van der Waals surface area contributed by atoms with Gasteiger partial charge in [-0.2, -0.15) is 0 Å². The highest BCUT2D eigenvalue weighted by Gasteiger charge is 2.49. The molecule has 1 atom stereocenters. The number of rotatable bonds is 4. The van der Waals surface area contributed by atoms with Gasteiger partial charge < -0.3 is 4.90 Å². The lowest BCUT2D eigenvalue weighted by Crippen LogP contribution is -2.34. The number of amidine groups is 1. The fourth-order valence-corrected chi connectivity index (χ4v) is 9.98. The van der Waals surface area contributed by atoms with Gasteiger partial charge in [-0.3, -0.25) is 0 Å². The van der Waals surface area contributed by atoms with Crippen LogP contribution in [-0.4, -0.2) is 17.6 Å². The lowest BCUT2D eigenvalue weighted by atomic mass is 9.66. The summed E-state index contributed by atoms with van der Waals surface area (Å²) in [4.78, 5) is 12.9. The van der Waals surface area contributed by atoms with Gasteiger partial charge in [0.25, 0.3) is 0 Å². The van der Waals surface area contributed by atoms with E-state index in [1.54, 1.807) is 0 Å². The standard InChI is InChI=1S/C60H45N3/c1-41(43-18-6-3-7-19-43)61-59-49-25-15-22-46(37-49)48-24-17-31-53(39-48)63(52-30-16-23-47(38-52)45-21-14-20-44(36-45)42(2)62-59)54-34-35-56-55-32-12-13-33-57(55)60(58(56)40-54,50-26-8-4-9-27-50)51-28-10-5-11-29-51/h3-33,35-40,54H,2,34H2,1H3/b61-41+,62-59-. The Labute approximate surface area is 370 Å². The second kappa shape index (κ2) is 15.9. The van der Waals surface area contributed by atoms with Crippen molar-refractivity contribution in [3.05, 3.63) is 276 Å². The van der Waals surface area contributed by atoms with Gasteiger partial charge in [-0.1, -0.05) is 195 Å². The van der Waals surface area contributed by atoms with Gasteiger partial charge >= 0.3 is 0 Å². The third-order valence-corrected chi connectivity index (χ3v) is 12.9. The third kappa shape index (κ3) is 6.70. The predicted molar refractivity (Wildman–Crippen MR) is 264 cm³/mol. The van der Waals surface area contributed by atoms with Crippen LogP contribution in [0.4, 0.5) is 11.4 Å². The molecule has 3 nitrogen and oxygen atoms in total. The van der Waals surface area contributed by atoms with Crippen molar-refractivity contribution in [3.63, 3.8) is 0 Å². The van der Waals surface area contributed by atoms with E-state index in [-0.39, 0.29) is 6.04 Å².